The van der Waals surface area contributed by atoms with Gasteiger partial charge in [-0.15, -0.1) is 0 Å². The second-order valence-corrected chi connectivity index (χ2v) is 5.14. The third-order valence-corrected chi connectivity index (χ3v) is 3.80. The van der Waals surface area contributed by atoms with Gasteiger partial charge >= 0.3 is 0 Å². The van der Waals surface area contributed by atoms with E-state index < -0.39 is 0 Å². The van der Waals surface area contributed by atoms with Crippen LogP contribution in [-0.2, 0) is 0 Å². The van der Waals surface area contributed by atoms with Crippen LogP contribution in [0.15, 0.2) is 48.5 Å². The highest BCUT2D eigenvalue weighted by molar-refractivity contribution is 5.66. The third-order valence-electron chi connectivity index (χ3n) is 3.80. The quantitative estimate of drug-likeness (QED) is 0.861. The Morgan fingerprint density at radius 2 is 1.65 bits per heavy atom. The van der Waals surface area contributed by atoms with Crippen molar-refractivity contribution in [2.24, 2.45) is 5.73 Å². The van der Waals surface area contributed by atoms with Gasteiger partial charge in [0.1, 0.15) is 0 Å². The van der Waals surface area contributed by atoms with Crippen molar-refractivity contribution in [1.29, 1.82) is 0 Å². The number of benzene rings is 2. The van der Waals surface area contributed by atoms with Crippen molar-refractivity contribution in [3.05, 3.63) is 59.7 Å². The molecule has 0 spiro atoms. The van der Waals surface area contributed by atoms with Crippen molar-refractivity contribution in [3.63, 3.8) is 0 Å². The van der Waals surface area contributed by atoms with Gasteiger partial charge in [-0.2, -0.15) is 0 Å². The second-order valence-electron chi connectivity index (χ2n) is 5.14. The Balaban J connectivity index is 2.31. The molecular formula is C18H24N2. The van der Waals surface area contributed by atoms with E-state index in [0.29, 0.717) is 0 Å². The van der Waals surface area contributed by atoms with Crippen LogP contribution in [0.25, 0.3) is 0 Å². The Morgan fingerprint density at radius 3 is 2.20 bits per heavy atom. The number of aryl methyl sites for hydroxylation is 1. The van der Waals surface area contributed by atoms with Crippen molar-refractivity contribution >= 4 is 11.4 Å². The Morgan fingerprint density at radius 1 is 1.00 bits per heavy atom. The predicted molar refractivity (Wildman–Crippen MR) is 87.5 cm³/mol. The summed E-state index contributed by atoms with van der Waals surface area (Å²) in [5.41, 5.74) is 11.1. The molecule has 2 N–H and O–H groups in total. The Hall–Kier alpha value is -1.80. The van der Waals surface area contributed by atoms with Crippen molar-refractivity contribution < 1.29 is 0 Å². The minimum atomic E-state index is 0.137. The van der Waals surface area contributed by atoms with Crippen LogP contribution < -0.4 is 10.6 Å². The van der Waals surface area contributed by atoms with Gasteiger partial charge < -0.3 is 10.6 Å². The van der Waals surface area contributed by atoms with Crippen LogP contribution in [0.2, 0.25) is 0 Å². The fourth-order valence-corrected chi connectivity index (χ4v) is 2.50. The molecule has 2 rings (SSSR count). The first-order valence-electron chi connectivity index (χ1n) is 7.36. The molecule has 2 nitrogen and oxygen atoms in total. The molecule has 0 radical (unpaired) electrons. The number of anilines is 2. The largest absolute Gasteiger partial charge is 0.342 e. The molecule has 0 heterocycles. The SMILES string of the molecule is CC[C@H](N)c1ccc(N(CC)c2ccccc2C)cc1. The van der Waals surface area contributed by atoms with E-state index in [-0.39, 0.29) is 6.04 Å². The maximum atomic E-state index is 6.07. The van der Waals surface area contributed by atoms with E-state index >= 15 is 0 Å². The molecule has 2 aromatic carbocycles. The Labute approximate surface area is 122 Å². The van der Waals surface area contributed by atoms with Crippen LogP contribution >= 0.6 is 0 Å². The van der Waals surface area contributed by atoms with E-state index in [9.17, 15) is 0 Å². The summed E-state index contributed by atoms with van der Waals surface area (Å²) < 4.78 is 0. The van der Waals surface area contributed by atoms with Crippen LogP contribution in [0.4, 0.5) is 11.4 Å². The number of rotatable bonds is 5. The molecule has 2 aromatic rings. The second kappa shape index (κ2) is 6.58. The summed E-state index contributed by atoms with van der Waals surface area (Å²) >= 11 is 0. The minimum absolute atomic E-state index is 0.137. The number of para-hydroxylation sites is 1. The summed E-state index contributed by atoms with van der Waals surface area (Å²) in [6, 6.07) is 17.3. The van der Waals surface area contributed by atoms with E-state index in [2.05, 4.69) is 74.2 Å². The van der Waals surface area contributed by atoms with E-state index in [0.717, 1.165) is 13.0 Å². The van der Waals surface area contributed by atoms with Gasteiger partial charge in [0, 0.05) is 24.0 Å². The van der Waals surface area contributed by atoms with Crippen molar-refractivity contribution in [2.45, 2.75) is 33.2 Å². The van der Waals surface area contributed by atoms with Gasteiger partial charge in [0.05, 0.1) is 0 Å². The van der Waals surface area contributed by atoms with E-state index in [1.807, 2.05) is 0 Å². The summed E-state index contributed by atoms with van der Waals surface area (Å²) in [4.78, 5) is 2.33. The molecule has 0 aliphatic heterocycles. The molecule has 0 aromatic heterocycles. The lowest BCUT2D eigenvalue weighted by molar-refractivity contribution is 0.698. The highest BCUT2D eigenvalue weighted by Crippen LogP contribution is 2.28. The van der Waals surface area contributed by atoms with Crippen molar-refractivity contribution in [2.75, 3.05) is 11.4 Å². The molecule has 0 aliphatic carbocycles. The van der Waals surface area contributed by atoms with Crippen LogP contribution in [0.1, 0.15) is 37.4 Å². The molecule has 0 bridgehead atoms. The average molecular weight is 268 g/mol. The van der Waals surface area contributed by atoms with Crippen LogP contribution in [0.5, 0.6) is 0 Å². The monoisotopic (exact) mass is 268 g/mol. The molecule has 106 valence electrons. The fourth-order valence-electron chi connectivity index (χ4n) is 2.50. The molecule has 0 unspecified atom stereocenters. The summed E-state index contributed by atoms with van der Waals surface area (Å²) in [6.07, 6.45) is 0.967. The lowest BCUT2D eigenvalue weighted by Crippen LogP contribution is -2.17. The van der Waals surface area contributed by atoms with Gasteiger partial charge in [-0.05, 0) is 49.6 Å². The van der Waals surface area contributed by atoms with Crippen LogP contribution in [-0.4, -0.2) is 6.54 Å². The molecule has 0 fully saturated rings. The number of hydrogen-bond donors (Lipinski definition) is 1. The third kappa shape index (κ3) is 3.02. The first-order valence-corrected chi connectivity index (χ1v) is 7.36. The summed E-state index contributed by atoms with van der Waals surface area (Å²) in [7, 11) is 0. The number of hydrogen-bond acceptors (Lipinski definition) is 2. The summed E-state index contributed by atoms with van der Waals surface area (Å²) in [5, 5.41) is 0. The van der Waals surface area contributed by atoms with Crippen molar-refractivity contribution in [3.8, 4) is 0 Å². The van der Waals surface area contributed by atoms with Gasteiger partial charge in [-0.3, -0.25) is 0 Å². The first-order chi connectivity index (χ1) is 9.67. The molecule has 20 heavy (non-hydrogen) atoms. The lowest BCUT2D eigenvalue weighted by Gasteiger charge is -2.25. The molecule has 2 heteroatoms. The maximum absolute atomic E-state index is 6.07. The van der Waals surface area contributed by atoms with Gasteiger partial charge in [0.25, 0.3) is 0 Å². The lowest BCUT2D eigenvalue weighted by atomic mass is 10.0. The minimum Gasteiger partial charge on any atom is -0.342 e. The Bertz CT molecular complexity index is 546. The average Bonchev–Trinajstić information content (AvgIpc) is 2.50. The summed E-state index contributed by atoms with van der Waals surface area (Å²) in [6.45, 7) is 7.39. The highest BCUT2D eigenvalue weighted by atomic mass is 15.1. The first kappa shape index (κ1) is 14.6. The molecular weight excluding hydrogens is 244 g/mol. The van der Waals surface area contributed by atoms with Gasteiger partial charge in [-0.1, -0.05) is 37.3 Å². The molecule has 0 aliphatic rings. The number of nitrogens with zero attached hydrogens (tertiary/aromatic N) is 1. The van der Waals surface area contributed by atoms with Gasteiger partial charge in [0.15, 0.2) is 0 Å². The van der Waals surface area contributed by atoms with E-state index in [4.69, 9.17) is 5.73 Å². The van der Waals surface area contributed by atoms with Gasteiger partial charge in [-0.25, -0.2) is 0 Å². The van der Waals surface area contributed by atoms with Crippen LogP contribution in [0.3, 0.4) is 0 Å². The van der Waals surface area contributed by atoms with Crippen molar-refractivity contribution in [1.82, 2.24) is 0 Å². The fraction of sp³-hybridized carbons (Fsp3) is 0.333. The maximum Gasteiger partial charge on any atom is 0.0440 e. The number of nitrogens with two attached hydrogens (primary N) is 1. The normalized spacial score (nSPS) is 12.2. The van der Waals surface area contributed by atoms with E-state index in [1.54, 1.807) is 0 Å². The zero-order chi connectivity index (χ0) is 14.5. The molecule has 1 atom stereocenters. The zero-order valence-corrected chi connectivity index (χ0v) is 12.6. The predicted octanol–water partition coefficient (Wildman–Crippen LogP) is 4.56. The molecule has 0 saturated heterocycles. The van der Waals surface area contributed by atoms with E-state index in [1.165, 1.54) is 22.5 Å². The van der Waals surface area contributed by atoms with Gasteiger partial charge in [0.2, 0.25) is 0 Å². The zero-order valence-electron chi connectivity index (χ0n) is 12.6. The molecule has 0 amide bonds. The standard InChI is InChI=1S/C18H24N2/c1-4-17(19)15-10-12-16(13-11-15)20(5-2)18-9-7-6-8-14(18)3/h6-13,17H,4-5,19H2,1-3H3/t17-/m0/s1. The topological polar surface area (TPSA) is 29.3 Å². The Kier molecular flexibility index (Phi) is 4.80. The summed E-state index contributed by atoms with van der Waals surface area (Å²) in [5.74, 6) is 0. The van der Waals surface area contributed by atoms with Crippen LogP contribution in [0, 0.1) is 6.92 Å². The smallest absolute Gasteiger partial charge is 0.0440 e. The highest BCUT2D eigenvalue weighted by Gasteiger charge is 2.10. The molecule has 0 saturated carbocycles.